The second-order valence-corrected chi connectivity index (χ2v) is 7.95. The van der Waals surface area contributed by atoms with Crippen molar-refractivity contribution < 1.29 is 47.6 Å². The van der Waals surface area contributed by atoms with E-state index in [1.54, 1.807) is 18.6 Å². The van der Waals surface area contributed by atoms with E-state index in [4.69, 9.17) is 23.7 Å². The lowest BCUT2D eigenvalue weighted by molar-refractivity contribution is -0.193. The summed E-state index contributed by atoms with van der Waals surface area (Å²) in [6, 6.07) is 5.09. The Morgan fingerprint density at radius 1 is 1.00 bits per heavy atom. The van der Waals surface area contributed by atoms with Gasteiger partial charge in [-0.25, -0.2) is 28.7 Å². The van der Waals surface area contributed by atoms with Gasteiger partial charge in [-0.3, -0.25) is 0 Å². The van der Waals surface area contributed by atoms with Gasteiger partial charge >= 0.3 is 17.9 Å². The first-order valence-corrected chi connectivity index (χ1v) is 11.1. The number of thiazole rings is 1. The van der Waals surface area contributed by atoms with E-state index in [1.165, 1.54) is 48.3 Å². The molecule has 0 spiro atoms. The van der Waals surface area contributed by atoms with Crippen molar-refractivity contribution >= 4 is 29.2 Å². The number of esters is 2. The number of aryl methyl sites for hydroxylation is 1. The number of halogens is 1. The van der Waals surface area contributed by atoms with E-state index in [2.05, 4.69) is 9.97 Å². The maximum absolute atomic E-state index is 13.2. The molecule has 2 heterocycles. The summed E-state index contributed by atoms with van der Waals surface area (Å²) in [5.74, 6) is -3.49. The molecule has 2 aromatic heterocycles. The molecule has 3 rings (SSSR count). The van der Waals surface area contributed by atoms with Crippen molar-refractivity contribution in [2.45, 2.75) is 18.3 Å². The molecular weight excluding hydrogens is 501 g/mol. The minimum atomic E-state index is -1.48. The fourth-order valence-electron chi connectivity index (χ4n) is 2.97. The summed E-state index contributed by atoms with van der Waals surface area (Å²) < 4.78 is 40.4. The number of rotatable bonds is 13. The summed E-state index contributed by atoms with van der Waals surface area (Å²) in [5, 5.41) is 11.2. The third-order valence-corrected chi connectivity index (χ3v) is 5.52. The van der Waals surface area contributed by atoms with Crippen molar-refractivity contribution in [1.82, 2.24) is 14.5 Å². The summed E-state index contributed by atoms with van der Waals surface area (Å²) >= 11 is 1.09. The normalized spacial score (nSPS) is 13.5. The fraction of sp³-hybridized carbons (Fsp3) is 0.318. The minimum Gasteiger partial charge on any atom is -0.479 e. The van der Waals surface area contributed by atoms with Crippen LogP contribution in [0.3, 0.4) is 0 Å². The summed E-state index contributed by atoms with van der Waals surface area (Å²) in [6.45, 7) is -1.38. The number of methoxy groups -OCH3 is 1. The summed E-state index contributed by atoms with van der Waals surface area (Å²) in [7, 11) is 2.87. The van der Waals surface area contributed by atoms with E-state index in [-0.39, 0.29) is 10.8 Å². The molecule has 0 aliphatic heterocycles. The topological polar surface area (TPSA) is 148 Å². The average Bonchev–Trinajstić information content (AvgIpc) is 3.53. The lowest BCUT2D eigenvalue weighted by Crippen LogP contribution is -2.25. The molecule has 0 unspecified atom stereocenters. The first kappa shape index (κ1) is 26.9. The summed E-state index contributed by atoms with van der Waals surface area (Å²) in [4.78, 5) is 44.5. The first-order chi connectivity index (χ1) is 17.3. The molecule has 0 aliphatic carbocycles. The van der Waals surface area contributed by atoms with Gasteiger partial charge in [0.15, 0.2) is 19.7 Å². The van der Waals surface area contributed by atoms with Gasteiger partial charge in [0.25, 0.3) is 0 Å². The number of hydrogen-bond donors (Lipinski definition) is 1. The fourth-order valence-corrected chi connectivity index (χ4v) is 3.64. The van der Waals surface area contributed by atoms with Crippen molar-refractivity contribution in [1.29, 1.82) is 0 Å². The molecule has 0 amide bonds. The van der Waals surface area contributed by atoms with E-state index < -0.39 is 55.6 Å². The highest BCUT2D eigenvalue weighted by Crippen LogP contribution is 2.24. The molecule has 3 aromatic rings. The highest BCUT2D eigenvalue weighted by atomic mass is 32.1. The van der Waals surface area contributed by atoms with Crippen LogP contribution in [0.5, 0.6) is 0 Å². The molecule has 1 N–H and O–H groups in total. The van der Waals surface area contributed by atoms with Crippen LogP contribution < -0.4 is 0 Å². The Bertz CT molecular complexity index is 1150. The summed E-state index contributed by atoms with van der Waals surface area (Å²) in [6.07, 6.45) is 0.368. The van der Waals surface area contributed by atoms with Gasteiger partial charge in [0.05, 0.1) is 0 Å². The number of aliphatic carboxylic acids is 1. The second kappa shape index (κ2) is 12.8. The largest absolute Gasteiger partial charge is 0.479 e. The number of ether oxygens (including phenoxy) is 5. The van der Waals surface area contributed by atoms with Crippen LogP contribution in [0.2, 0.25) is 0 Å². The Balaban J connectivity index is 1.57. The van der Waals surface area contributed by atoms with Crippen molar-refractivity contribution in [3.63, 3.8) is 0 Å². The minimum absolute atomic E-state index is 0.104. The molecule has 0 aliphatic rings. The van der Waals surface area contributed by atoms with Crippen molar-refractivity contribution in [3.8, 4) is 0 Å². The molecule has 0 bridgehead atoms. The molecule has 192 valence electrons. The highest BCUT2D eigenvalue weighted by molar-refractivity contribution is 7.09. The third kappa shape index (κ3) is 6.91. The van der Waals surface area contributed by atoms with E-state index in [9.17, 15) is 23.9 Å². The van der Waals surface area contributed by atoms with E-state index in [0.717, 1.165) is 11.3 Å². The maximum atomic E-state index is 13.2. The summed E-state index contributed by atoms with van der Waals surface area (Å²) in [5.41, 5.74) is 0.359. The van der Waals surface area contributed by atoms with Crippen molar-refractivity contribution in [3.05, 3.63) is 70.4 Å². The number of nitrogens with zero attached hydrogens (tertiary/aromatic N) is 3. The SMILES string of the molecule is CO[C@H](C(=O)OCO[C@@H](C(=O)OCO[C@@H](C(=O)O)c1nccn1C)c1nccs1)c1ccc(F)cc1. The molecule has 0 fully saturated rings. The molecule has 14 heteroatoms. The van der Waals surface area contributed by atoms with E-state index in [1.807, 2.05) is 0 Å². The van der Waals surface area contributed by atoms with Crippen LogP contribution in [-0.4, -0.2) is 58.2 Å². The zero-order chi connectivity index (χ0) is 26.1. The van der Waals surface area contributed by atoms with Crippen LogP contribution in [0.25, 0.3) is 0 Å². The number of carboxylic acid groups (broad SMARTS) is 1. The number of carbonyl (C=O) groups excluding carboxylic acids is 2. The highest BCUT2D eigenvalue weighted by Gasteiger charge is 2.30. The van der Waals surface area contributed by atoms with Crippen LogP contribution in [0.15, 0.2) is 48.2 Å². The molecule has 0 saturated heterocycles. The predicted octanol–water partition coefficient (Wildman–Crippen LogP) is 2.31. The number of carboxylic acids is 1. The van der Waals surface area contributed by atoms with Gasteiger partial charge in [-0.15, -0.1) is 11.3 Å². The van der Waals surface area contributed by atoms with Gasteiger partial charge in [0.1, 0.15) is 16.6 Å². The predicted molar refractivity (Wildman–Crippen MR) is 119 cm³/mol. The van der Waals surface area contributed by atoms with Crippen LogP contribution in [0.4, 0.5) is 4.39 Å². The van der Waals surface area contributed by atoms with Gasteiger partial charge in [0.2, 0.25) is 12.2 Å². The number of benzene rings is 1. The zero-order valence-electron chi connectivity index (χ0n) is 19.1. The standard InChI is InChI=1S/C22H22FN3O9S/c1-26-9-7-24-18(26)16(20(27)28)32-11-35-22(30)17(19-25-8-10-36-19)33-12-34-21(29)15(31-2)13-3-5-14(23)6-4-13/h3-10,15-17H,11-12H2,1-2H3,(H,27,28)/t15-,16+,17+/m0/s1. The van der Waals surface area contributed by atoms with E-state index >= 15 is 0 Å². The molecule has 0 radical (unpaired) electrons. The van der Waals surface area contributed by atoms with Gasteiger partial charge in [-0.05, 0) is 17.7 Å². The number of aromatic nitrogens is 3. The molecule has 0 saturated carbocycles. The van der Waals surface area contributed by atoms with Crippen LogP contribution in [0.1, 0.15) is 34.7 Å². The lowest BCUT2D eigenvalue weighted by Gasteiger charge is -2.18. The van der Waals surface area contributed by atoms with Gasteiger partial charge in [-0.2, -0.15) is 0 Å². The Kier molecular flexibility index (Phi) is 9.58. The Morgan fingerprint density at radius 3 is 2.17 bits per heavy atom. The number of carbonyl (C=O) groups is 3. The van der Waals surface area contributed by atoms with Gasteiger partial charge < -0.3 is 33.4 Å². The first-order valence-electron chi connectivity index (χ1n) is 10.3. The Morgan fingerprint density at radius 2 is 1.64 bits per heavy atom. The van der Waals surface area contributed by atoms with Crippen LogP contribution in [-0.2, 0) is 45.1 Å². The lowest BCUT2D eigenvalue weighted by atomic mass is 10.1. The van der Waals surface area contributed by atoms with Gasteiger partial charge in [-0.1, -0.05) is 12.1 Å². The monoisotopic (exact) mass is 523 g/mol. The van der Waals surface area contributed by atoms with Crippen molar-refractivity contribution in [2.24, 2.45) is 7.05 Å². The molecule has 36 heavy (non-hydrogen) atoms. The smallest absolute Gasteiger partial charge is 0.344 e. The zero-order valence-corrected chi connectivity index (χ0v) is 19.9. The molecule has 1 aromatic carbocycles. The Labute approximate surface area is 208 Å². The quantitative estimate of drug-likeness (QED) is 0.260. The van der Waals surface area contributed by atoms with Gasteiger partial charge in [0, 0.05) is 38.1 Å². The number of hydrogen-bond acceptors (Lipinski definition) is 11. The maximum Gasteiger partial charge on any atom is 0.344 e. The van der Waals surface area contributed by atoms with Crippen LogP contribution >= 0.6 is 11.3 Å². The Hall–Kier alpha value is -3.72. The number of imidazole rings is 1. The third-order valence-electron chi connectivity index (χ3n) is 4.70. The molecule has 12 nitrogen and oxygen atoms in total. The molecule has 3 atom stereocenters. The second-order valence-electron chi connectivity index (χ2n) is 7.03. The van der Waals surface area contributed by atoms with Crippen LogP contribution in [0, 0.1) is 5.82 Å². The average molecular weight is 523 g/mol. The van der Waals surface area contributed by atoms with Crippen molar-refractivity contribution in [2.75, 3.05) is 20.7 Å². The van der Waals surface area contributed by atoms with E-state index in [0.29, 0.717) is 5.56 Å². The molecular formula is C22H22FN3O9S.